The maximum Gasteiger partial charge on any atom is 0.436 e. The molecule has 0 radical (unpaired) electrons. The summed E-state index contributed by atoms with van der Waals surface area (Å²) in [6.45, 7) is 9.85. The molecule has 6 aliphatic rings. The standard InChI is InChI=1S/C30H45N3O4/c1-19(32-37-28(35)33(22-17-36-18-22)16-21-5-4-14-31-21)25-8-9-26-24-7-6-20-15-23(34)10-12-29(20,2)27(24)11-13-30(25,26)3/h15,21-22,24-27,31H,4-14,16-18H2,1-3H3/b32-19+/t21?,24-,25+,26-,27-,29-,30+/m0/s1. The van der Waals surface area contributed by atoms with Crippen molar-refractivity contribution in [3.8, 4) is 0 Å². The number of allylic oxidation sites excluding steroid dienone is 1. The van der Waals surface area contributed by atoms with E-state index in [0.29, 0.717) is 55.8 Å². The zero-order valence-electron chi connectivity index (χ0n) is 23.0. The summed E-state index contributed by atoms with van der Waals surface area (Å²) in [6.07, 6.45) is 12.7. The number of oxime groups is 1. The lowest BCUT2D eigenvalue weighted by atomic mass is 9.46. The van der Waals surface area contributed by atoms with Crippen LogP contribution in [0.4, 0.5) is 4.79 Å². The molecule has 0 aromatic carbocycles. The van der Waals surface area contributed by atoms with E-state index in [1.54, 1.807) is 0 Å². The molecular weight excluding hydrogens is 466 g/mol. The third kappa shape index (κ3) is 4.38. The van der Waals surface area contributed by atoms with Gasteiger partial charge in [-0.25, -0.2) is 4.79 Å². The van der Waals surface area contributed by atoms with Crippen LogP contribution in [-0.4, -0.2) is 60.9 Å². The molecule has 7 nitrogen and oxygen atoms in total. The summed E-state index contributed by atoms with van der Waals surface area (Å²) in [7, 11) is 0. The maximum absolute atomic E-state index is 13.1. The Balaban J connectivity index is 1.14. The lowest BCUT2D eigenvalue weighted by Gasteiger charge is -2.58. The van der Waals surface area contributed by atoms with Crippen LogP contribution in [-0.2, 0) is 14.4 Å². The highest BCUT2D eigenvalue weighted by molar-refractivity contribution is 5.91. The Morgan fingerprint density at radius 2 is 1.97 bits per heavy atom. The van der Waals surface area contributed by atoms with Crippen LogP contribution in [0.2, 0.25) is 0 Å². The smallest absolute Gasteiger partial charge is 0.377 e. The van der Waals surface area contributed by atoms with Gasteiger partial charge in [-0.2, -0.15) is 0 Å². The molecule has 2 heterocycles. The summed E-state index contributed by atoms with van der Waals surface area (Å²) in [4.78, 5) is 32.7. The average Bonchev–Trinajstić information content (AvgIpc) is 3.48. The second kappa shape index (κ2) is 9.78. The van der Waals surface area contributed by atoms with Crippen molar-refractivity contribution in [2.75, 3.05) is 26.3 Å². The molecule has 7 heteroatoms. The van der Waals surface area contributed by atoms with E-state index >= 15 is 0 Å². The van der Waals surface area contributed by atoms with Crippen LogP contribution >= 0.6 is 0 Å². The van der Waals surface area contributed by atoms with E-state index in [1.165, 1.54) is 31.3 Å². The van der Waals surface area contributed by atoms with E-state index < -0.39 is 0 Å². The topological polar surface area (TPSA) is 80.2 Å². The van der Waals surface area contributed by atoms with Crippen LogP contribution in [0, 0.1) is 34.5 Å². The largest absolute Gasteiger partial charge is 0.436 e. The summed E-state index contributed by atoms with van der Waals surface area (Å²) >= 11 is 0. The van der Waals surface area contributed by atoms with Gasteiger partial charge in [-0.15, -0.1) is 0 Å². The number of rotatable bonds is 5. The first-order valence-electron chi connectivity index (χ1n) is 14.9. The molecular formula is C30H45N3O4. The van der Waals surface area contributed by atoms with Crippen LogP contribution < -0.4 is 5.32 Å². The number of hydrogen-bond donors (Lipinski definition) is 1. The predicted molar refractivity (Wildman–Crippen MR) is 142 cm³/mol. The zero-order valence-corrected chi connectivity index (χ0v) is 23.0. The van der Waals surface area contributed by atoms with Gasteiger partial charge in [-0.1, -0.05) is 24.6 Å². The van der Waals surface area contributed by atoms with Gasteiger partial charge in [0, 0.05) is 24.9 Å². The molecule has 7 atom stereocenters. The van der Waals surface area contributed by atoms with Gasteiger partial charge in [0.1, 0.15) is 0 Å². The molecule has 6 rings (SSSR count). The van der Waals surface area contributed by atoms with Crippen molar-refractivity contribution in [3.63, 3.8) is 0 Å². The normalized spacial score (nSPS) is 41.8. The minimum atomic E-state index is -0.337. The van der Waals surface area contributed by atoms with Gasteiger partial charge in [0.25, 0.3) is 0 Å². The lowest BCUT2D eigenvalue weighted by molar-refractivity contribution is -0.117. The molecule has 204 valence electrons. The number of nitrogens with one attached hydrogen (secondary N) is 1. The summed E-state index contributed by atoms with van der Waals surface area (Å²) in [5, 5.41) is 7.98. The monoisotopic (exact) mass is 511 g/mol. The Kier molecular flexibility index (Phi) is 6.75. The van der Waals surface area contributed by atoms with E-state index in [4.69, 9.17) is 9.57 Å². The second-order valence-corrected chi connectivity index (χ2v) is 13.4. The molecule has 5 fully saturated rings. The Labute approximate surface area is 221 Å². The molecule has 0 bridgehead atoms. The molecule has 0 spiro atoms. The van der Waals surface area contributed by atoms with Gasteiger partial charge >= 0.3 is 6.09 Å². The Morgan fingerprint density at radius 3 is 2.70 bits per heavy atom. The van der Waals surface area contributed by atoms with Crippen LogP contribution in [0.5, 0.6) is 0 Å². The zero-order chi connectivity index (χ0) is 25.8. The fourth-order valence-electron chi connectivity index (χ4n) is 9.40. The van der Waals surface area contributed by atoms with E-state index in [0.717, 1.165) is 50.3 Å². The van der Waals surface area contributed by atoms with Gasteiger partial charge in [0.05, 0.1) is 25.0 Å². The lowest BCUT2D eigenvalue weighted by Crippen LogP contribution is -2.55. The maximum atomic E-state index is 13.1. The van der Waals surface area contributed by atoms with Crippen LogP contribution in [0.3, 0.4) is 0 Å². The second-order valence-electron chi connectivity index (χ2n) is 13.4. The van der Waals surface area contributed by atoms with Crippen LogP contribution in [0.15, 0.2) is 16.8 Å². The highest BCUT2D eigenvalue weighted by Gasteiger charge is 2.59. The van der Waals surface area contributed by atoms with Gasteiger partial charge < -0.3 is 10.1 Å². The molecule has 3 saturated carbocycles. The van der Waals surface area contributed by atoms with Crippen molar-refractivity contribution in [1.82, 2.24) is 10.2 Å². The van der Waals surface area contributed by atoms with Gasteiger partial charge in [-0.3, -0.25) is 14.5 Å². The van der Waals surface area contributed by atoms with Crippen molar-refractivity contribution in [2.45, 2.75) is 97.1 Å². The van der Waals surface area contributed by atoms with Gasteiger partial charge in [0.15, 0.2) is 5.78 Å². The van der Waals surface area contributed by atoms with E-state index in [1.807, 2.05) is 11.0 Å². The number of ether oxygens (including phenoxy) is 1. The van der Waals surface area contributed by atoms with E-state index in [9.17, 15) is 9.59 Å². The van der Waals surface area contributed by atoms with E-state index in [-0.39, 0.29) is 23.0 Å². The molecule has 1 unspecified atom stereocenters. The SMILES string of the molecule is C/C(=N\OC(=O)N(CC1CCCN1)C1COC1)[C@H]1CC[C@H]2[C@@H]3CCC4=CC(=O)CC[C@]4(C)[C@H]3CC[C@]12C. The first kappa shape index (κ1) is 25.5. The third-order valence-electron chi connectivity index (χ3n) is 11.6. The minimum absolute atomic E-state index is 0.0933. The minimum Gasteiger partial charge on any atom is -0.377 e. The van der Waals surface area contributed by atoms with Crippen molar-refractivity contribution >= 4 is 17.6 Å². The number of carbonyl (C=O) groups is 2. The first-order valence-corrected chi connectivity index (χ1v) is 14.9. The van der Waals surface area contributed by atoms with Crippen molar-refractivity contribution in [1.29, 1.82) is 0 Å². The van der Waals surface area contributed by atoms with Gasteiger partial charge in [-0.05, 0) is 106 Å². The number of carbonyl (C=O) groups excluding carboxylic acids is 2. The van der Waals surface area contributed by atoms with E-state index in [2.05, 4.69) is 31.2 Å². The van der Waals surface area contributed by atoms with Crippen LogP contribution in [0.25, 0.3) is 0 Å². The average molecular weight is 512 g/mol. The molecule has 2 saturated heterocycles. The Bertz CT molecular complexity index is 983. The Morgan fingerprint density at radius 1 is 1.14 bits per heavy atom. The molecule has 1 N–H and O–H groups in total. The molecule has 2 aliphatic heterocycles. The molecule has 4 aliphatic carbocycles. The summed E-state index contributed by atoms with van der Waals surface area (Å²) in [5.41, 5.74) is 2.82. The molecule has 0 aromatic heterocycles. The van der Waals surface area contributed by atoms with Crippen molar-refractivity contribution in [2.24, 2.45) is 39.7 Å². The third-order valence-corrected chi connectivity index (χ3v) is 11.6. The van der Waals surface area contributed by atoms with Crippen LogP contribution in [0.1, 0.15) is 85.0 Å². The highest BCUT2D eigenvalue weighted by atomic mass is 16.7. The molecule has 37 heavy (non-hydrogen) atoms. The molecule has 1 amide bonds. The highest BCUT2D eigenvalue weighted by Crippen LogP contribution is 2.66. The number of ketones is 1. The van der Waals surface area contributed by atoms with Crippen molar-refractivity contribution < 1.29 is 19.2 Å². The Hall–Kier alpha value is -1.73. The number of nitrogens with zero attached hydrogens (tertiary/aromatic N) is 2. The fraction of sp³-hybridized carbons (Fsp3) is 0.833. The van der Waals surface area contributed by atoms with Crippen molar-refractivity contribution in [3.05, 3.63) is 11.6 Å². The predicted octanol–water partition coefficient (Wildman–Crippen LogP) is 5.10. The number of amides is 1. The first-order chi connectivity index (χ1) is 17.8. The summed E-state index contributed by atoms with van der Waals surface area (Å²) in [6, 6.07) is 0.425. The summed E-state index contributed by atoms with van der Waals surface area (Å²) in [5.74, 6) is 2.79. The number of hydrogen-bond acceptors (Lipinski definition) is 6. The quantitative estimate of drug-likeness (QED) is 0.316. The molecule has 0 aromatic rings. The van der Waals surface area contributed by atoms with Gasteiger partial charge in [0.2, 0.25) is 0 Å². The summed E-state index contributed by atoms with van der Waals surface area (Å²) < 4.78 is 5.37. The number of fused-ring (bicyclic) bond motifs is 5. The fourth-order valence-corrected chi connectivity index (χ4v) is 9.40.